The summed E-state index contributed by atoms with van der Waals surface area (Å²) in [6.45, 7) is 4.52. The Bertz CT molecular complexity index is 368. The molecule has 2 fully saturated rings. The lowest BCUT2D eigenvalue weighted by Gasteiger charge is -2.34. The van der Waals surface area contributed by atoms with E-state index in [1.807, 2.05) is 0 Å². The van der Waals surface area contributed by atoms with Gasteiger partial charge < -0.3 is 10.4 Å². The molecular formula is C15H26N2O3. The number of amides is 1. The minimum absolute atomic E-state index is 0.0807. The summed E-state index contributed by atoms with van der Waals surface area (Å²) in [5, 5.41) is 15.0. The molecule has 0 spiro atoms. The van der Waals surface area contributed by atoms with Crippen molar-refractivity contribution in [1.82, 2.24) is 10.6 Å². The molecule has 2 rings (SSSR count). The zero-order chi connectivity index (χ0) is 14.7. The lowest BCUT2D eigenvalue weighted by molar-refractivity contribution is -0.140. The van der Waals surface area contributed by atoms with Gasteiger partial charge in [0.25, 0.3) is 0 Å². The summed E-state index contributed by atoms with van der Waals surface area (Å²) in [4.78, 5) is 23.1. The number of carboxylic acids is 1. The minimum atomic E-state index is -0.847. The van der Waals surface area contributed by atoms with Gasteiger partial charge in [-0.15, -0.1) is 0 Å². The topological polar surface area (TPSA) is 78.4 Å². The van der Waals surface area contributed by atoms with Gasteiger partial charge in [-0.25, -0.2) is 0 Å². The normalized spacial score (nSPS) is 31.6. The molecule has 4 unspecified atom stereocenters. The Kier molecular flexibility index (Phi) is 5.02. The summed E-state index contributed by atoms with van der Waals surface area (Å²) in [6.07, 6.45) is 5.31. The molecule has 4 atom stereocenters. The average molecular weight is 282 g/mol. The van der Waals surface area contributed by atoms with Crippen molar-refractivity contribution >= 4 is 11.9 Å². The van der Waals surface area contributed by atoms with E-state index in [1.54, 1.807) is 0 Å². The van der Waals surface area contributed by atoms with E-state index in [9.17, 15) is 9.59 Å². The van der Waals surface area contributed by atoms with Crippen molar-refractivity contribution in [2.45, 2.75) is 58.0 Å². The maximum absolute atomic E-state index is 12.0. The highest BCUT2D eigenvalue weighted by atomic mass is 16.4. The maximum Gasteiger partial charge on any atom is 0.320 e. The zero-order valence-corrected chi connectivity index (χ0v) is 12.4. The van der Waals surface area contributed by atoms with E-state index in [2.05, 4.69) is 24.5 Å². The van der Waals surface area contributed by atoms with Crippen LogP contribution in [0.3, 0.4) is 0 Å². The third-order valence-electron chi connectivity index (χ3n) is 4.90. The van der Waals surface area contributed by atoms with Gasteiger partial charge >= 0.3 is 5.97 Å². The van der Waals surface area contributed by atoms with Crippen molar-refractivity contribution in [3.8, 4) is 0 Å². The number of hydrogen-bond donors (Lipinski definition) is 3. The molecule has 0 aromatic heterocycles. The summed E-state index contributed by atoms with van der Waals surface area (Å²) >= 11 is 0. The van der Waals surface area contributed by atoms with E-state index in [0.29, 0.717) is 11.8 Å². The fraction of sp³-hybridized carbons (Fsp3) is 0.867. The molecule has 5 nitrogen and oxygen atoms in total. The fourth-order valence-corrected chi connectivity index (χ4v) is 3.13. The van der Waals surface area contributed by atoms with Gasteiger partial charge in [0.1, 0.15) is 6.04 Å². The molecule has 0 radical (unpaired) electrons. The van der Waals surface area contributed by atoms with Crippen LogP contribution in [0.1, 0.15) is 46.0 Å². The molecule has 0 heterocycles. The Morgan fingerprint density at radius 1 is 1.20 bits per heavy atom. The number of aliphatic carboxylic acids is 1. The first-order valence-electron chi connectivity index (χ1n) is 7.74. The number of carbonyl (C=O) groups excluding carboxylic acids is 1. The van der Waals surface area contributed by atoms with Crippen molar-refractivity contribution in [2.24, 2.45) is 17.8 Å². The third kappa shape index (κ3) is 3.95. The largest absolute Gasteiger partial charge is 0.480 e. The van der Waals surface area contributed by atoms with E-state index >= 15 is 0 Å². The van der Waals surface area contributed by atoms with Crippen LogP contribution in [-0.2, 0) is 9.59 Å². The molecule has 2 aliphatic carbocycles. The quantitative estimate of drug-likeness (QED) is 0.688. The second kappa shape index (κ2) is 6.57. The van der Waals surface area contributed by atoms with E-state index in [1.165, 1.54) is 6.42 Å². The Balaban J connectivity index is 1.75. The summed E-state index contributed by atoms with van der Waals surface area (Å²) < 4.78 is 0. The molecule has 0 saturated heterocycles. The lowest BCUT2D eigenvalue weighted by atomic mass is 9.78. The number of rotatable bonds is 6. The third-order valence-corrected chi connectivity index (χ3v) is 4.90. The van der Waals surface area contributed by atoms with Gasteiger partial charge in [-0.3, -0.25) is 14.9 Å². The van der Waals surface area contributed by atoms with Gasteiger partial charge in [0.05, 0.1) is 6.54 Å². The molecule has 1 amide bonds. The van der Waals surface area contributed by atoms with Crippen molar-refractivity contribution in [1.29, 1.82) is 0 Å². The van der Waals surface area contributed by atoms with Crippen LogP contribution in [-0.4, -0.2) is 35.6 Å². The van der Waals surface area contributed by atoms with Crippen LogP contribution in [0, 0.1) is 17.8 Å². The number of hydrogen-bond acceptors (Lipinski definition) is 3. The smallest absolute Gasteiger partial charge is 0.320 e. The molecule has 0 bridgehead atoms. The molecule has 20 heavy (non-hydrogen) atoms. The lowest BCUT2D eigenvalue weighted by Crippen LogP contribution is -2.49. The first-order chi connectivity index (χ1) is 9.49. The van der Waals surface area contributed by atoms with Gasteiger partial charge in [0, 0.05) is 6.04 Å². The zero-order valence-electron chi connectivity index (χ0n) is 12.4. The van der Waals surface area contributed by atoms with Crippen molar-refractivity contribution in [3.05, 3.63) is 0 Å². The minimum Gasteiger partial charge on any atom is -0.480 e. The van der Waals surface area contributed by atoms with E-state index in [0.717, 1.165) is 25.7 Å². The molecule has 0 aromatic carbocycles. The van der Waals surface area contributed by atoms with E-state index in [-0.39, 0.29) is 24.4 Å². The van der Waals surface area contributed by atoms with Crippen molar-refractivity contribution in [3.63, 3.8) is 0 Å². The average Bonchev–Trinajstić information content (AvgIpc) is 3.19. The number of carboxylic acid groups (broad SMARTS) is 1. The van der Waals surface area contributed by atoms with Gasteiger partial charge in [-0.1, -0.05) is 26.7 Å². The molecular weight excluding hydrogens is 256 g/mol. The number of carbonyl (C=O) groups is 2. The SMILES string of the molecule is CC1CCCC(NC(=O)CNC(C(=O)O)C2CC2)C1C. The molecule has 2 saturated carbocycles. The Morgan fingerprint density at radius 3 is 2.50 bits per heavy atom. The van der Waals surface area contributed by atoms with Crippen LogP contribution < -0.4 is 10.6 Å². The molecule has 2 aliphatic rings. The molecule has 114 valence electrons. The van der Waals surface area contributed by atoms with E-state index in [4.69, 9.17) is 5.11 Å². The predicted octanol–water partition coefficient (Wildman–Crippen LogP) is 1.38. The van der Waals surface area contributed by atoms with Crippen LogP contribution in [0.2, 0.25) is 0 Å². The Hall–Kier alpha value is -1.10. The summed E-state index contributed by atoms with van der Waals surface area (Å²) in [5.41, 5.74) is 0. The van der Waals surface area contributed by atoms with Crippen molar-refractivity contribution < 1.29 is 14.7 Å². The van der Waals surface area contributed by atoms with Crippen molar-refractivity contribution in [2.75, 3.05) is 6.54 Å². The fourth-order valence-electron chi connectivity index (χ4n) is 3.13. The highest BCUT2D eigenvalue weighted by molar-refractivity contribution is 5.80. The van der Waals surface area contributed by atoms with E-state index < -0.39 is 12.0 Å². The highest BCUT2D eigenvalue weighted by Gasteiger charge is 2.36. The van der Waals surface area contributed by atoms with Gasteiger partial charge in [0.15, 0.2) is 0 Å². The molecule has 0 aromatic rings. The highest BCUT2D eigenvalue weighted by Crippen LogP contribution is 2.32. The molecule has 5 heteroatoms. The number of nitrogens with one attached hydrogen (secondary N) is 2. The van der Waals surface area contributed by atoms with Crippen LogP contribution >= 0.6 is 0 Å². The second-order valence-corrected chi connectivity index (χ2v) is 6.48. The summed E-state index contributed by atoms with van der Waals surface area (Å²) in [5.74, 6) is 0.406. The van der Waals surface area contributed by atoms with Gasteiger partial charge in [-0.2, -0.15) is 0 Å². The molecule has 3 N–H and O–H groups in total. The van der Waals surface area contributed by atoms with Crippen LogP contribution in [0.25, 0.3) is 0 Å². The predicted molar refractivity (Wildman–Crippen MR) is 76.3 cm³/mol. The Morgan fingerprint density at radius 2 is 1.90 bits per heavy atom. The Labute approximate surface area is 120 Å². The first kappa shape index (κ1) is 15.3. The van der Waals surface area contributed by atoms with Gasteiger partial charge in [0.2, 0.25) is 5.91 Å². The maximum atomic E-state index is 12.0. The summed E-state index contributed by atoms with van der Waals surface area (Å²) in [7, 11) is 0. The first-order valence-corrected chi connectivity index (χ1v) is 7.74. The summed E-state index contributed by atoms with van der Waals surface area (Å²) in [6, 6.07) is -0.333. The second-order valence-electron chi connectivity index (χ2n) is 6.48. The van der Waals surface area contributed by atoms with Crippen LogP contribution in [0.4, 0.5) is 0 Å². The monoisotopic (exact) mass is 282 g/mol. The van der Waals surface area contributed by atoms with Crippen LogP contribution in [0.5, 0.6) is 0 Å². The standard InChI is InChI=1S/C15H26N2O3/c1-9-4-3-5-12(10(9)2)17-13(18)8-16-14(15(19)20)11-6-7-11/h9-12,14,16H,3-8H2,1-2H3,(H,17,18)(H,19,20). The van der Waals surface area contributed by atoms with Crippen LogP contribution in [0.15, 0.2) is 0 Å². The van der Waals surface area contributed by atoms with Gasteiger partial charge in [-0.05, 0) is 37.0 Å². The molecule has 0 aliphatic heterocycles.